The quantitative estimate of drug-likeness (QED) is 0.0488. The van der Waals surface area contributed by atoms with E-state index in [1.807, 2.05) is 0 Å². The van der Waals surface area contributed by atoms with Crippen LogP contribution in [0.15, 0.2) is 41.8 Å². The standard InChI is InChI=1S/C26H37N9O8/c27-17(11-15-12-30-13-32-15)22(39)33-18(7-8-21(37)38)23(40)35-20(10-14-3-5-16(36)6-4-14)24(41)34-19(25(42)43)2-1-9-31-26(28)29/h3-6,12-13,17-20,36H,1-2,7-11,27H2,(H,30,32)(H,33,39)(H,34,41)(H,35,40)(H,37,38)(H,42,43)(H4,28,29,31). The van der Waals surface area contributed by atoms with Crippen LogP contribution in [0.25, 0.3) is 0 Å². The average Bonchev–Trinajstić information content (AvgIpc) is 3.45. The van der Waals surface area contributed by atoms with E-state index in [9.17, 15) is 39.3 Å². The molecular formula is C26H37N9O8. The van der Waals surface area contributed by atoms with Crippen LogP contribution in [0.2, 0.25) is 0 Å². The van der Waals surface area contributed by atoms with Crippen molar-refractivity contribution in [1.29, 1.82) is 0 Å². The average molecular weight is 604 g/mol. The first-order chi connectivity index (χ1) is 20.3. The number of aliphatic imine (C=N–C) groups is 1. The fourth-order valence-corrected chi connectivity index (χ4v) is 3.92. The van der Waals surface area contributed by atoms with Crippen molar-refractivity contribution in [3.63, 3.8) is 0 Å². The number of carboxylic acids is 2. The molecule has 17 heteroatoms. The van der Waals surface area contributed by atoms with E-state index in [4.69, 9.17) is 17.2 Å². The van der Waals surface area contributed by atoms with Gasteiger partial charge in [0.15, 0.2) is 5.96 Å². The maximum atomic E-state index is 13.3. The molecule has 0 aliphatic carbocycles. The van der Waals surface area contributed by atoms with E-state index in [1.165, 1.54) is 36.8 Å². The van der Waals surface area contributed by atoms with E-state index in [1.54, 1.807) is 0 Å². The Morgan fingerprint density at radius 1 is 0.884 bits per heavy atom. The van der Waals surface area contributed by atoms with Crippen molar-refractivity contribution in [1.82, 2.24) is 25.9 Å². The maximum Gasteiger partial charge on any atom is 0.326 e. The fraction of sp³-hybridized carbons (Fsp3) is 0.423. The first-order valence-electron chi connectivity index (χ1n) is 13.3. The number of phenolic OH excluding ortho intramolecular Hbond substituents is 1. The van der Waals surface area contributed by atoms with Gasteiger partial charge in [-0.15, -0.1) is 0 Å². The van der Waals surface area contributed by atoms with Crippen LogP contribution in [-0.4, -0.2) is 91.6 Å². The molecule has 0 aliphatic heterocycles. The number of nitrogens with two attached hydrogens (primary N) is 3. The van der Waals surface area contributed by atoms with Gasteiger partial charge in [-0.05, 0) is 37.0 Å². The molecule has 0 fully saturated rings. The summed E-state index contributed by atoms with van der Waals surface area (Å²) in [6.07, 6.45) is 2.21. The monoisotopic (exact) mass is 603 g/mol. The Bertz CT molecular complexity index is 1260. The van der Waals surface area contributed by atoms with Gasteiger partial charge >= 0.3 is 11.9 Å². The lowest BCUT2D eigenvalue weighted by Gasteiger charge is -2.25. The zero-order chi connectivity index (χ0) is 31.9. The van der Waals surface area contributed by atoms with Gasteiger partial charge in [-0.1, -0.05) is 12.1 Å². The van der Waals surface area contributed by atoms with Crippen molar-refractivity contribution < 1.29 is 39.3 Å². The molecule has 0 bridgehead atoms. The molecule has 1 aromatic carbocycles. The van der Waals surface area contributed by atoms with Gasteiger partial charge in [0, 0.05) is 37.7 Å². The number of hydrogen-bond donors (Lipinski definition) is 10. The molecule has 4 unspecified atom stereocenters. The molecule has 2 aromatic rings. The smallest absolute Gasteiger partial charge is 0.326 e. The predicted octanol–water partition coefficient (Wildman–Crippen LogP) is -2.31. The number of rotatable bonds is 18. The molecule has 0 saturated heterocycles. The number of guanidine groups is 1. The van der Waals surface area contributed by atoms with Crippen molar-refractivity contribution in [2.75, 3.05) is 6.54 Å². The number of carbonyl (C=O) groups is 5. The number of aromatic nitrogens is 2. The number of nitrogens with one attached hydrogen (secondary N) is 4. The number of aliphatic carboxylic acids is 2. The van der Waals surface area contributed by atoms with Crippen molar-refractivity contribution in [3.8, 4) is 5.75 Å². The minimum absolute atomic E-state index is 0.0246. The number of amides is 3. The van der Waals surface area contributed by atoms with Crippen LogP contribution in [0.5, 0.6) is 5.75 Å². The highest BCUT2D eigenvalue weighted by atomic mass is 16.4. The van der Waals surface area contributed by atoms with E-state index in [-0.39, 0.29) is 50.4 Å². The van der Waals surface area contributed by atoms with E-state index in [0.717, 1.165) is 0 Å². The third kappa shape index (κ3) is 12.5. The van der Waals surface area contributed by atoms with Gasteiger partial charge in [0.25, 0.3) is 0 Å². The van der Waals surface area contributed by atoms with Crippen molar-refractivity contribution in [3.05, 3.63) is 48.0 Å². The van der Waals surface area contributed by atoms with Gasteiger partial charge in [0.2, 0.25) is 17.7 Å². The molecule has 17 nitrogen and oxygen atoms in total. The van der Waals surface area contributed by atoms with E-state index in [0.29, 0.717) is 11.3 Å². The summed E-state index contributed by atoms with van der Waals surface area (Å²) in [5, 5.41) is 35.7. The van der Waals surface area contributed by atoms with Crippen molar-refractivity contribution in [2.24, 2.45) is 22.2 Å². The van der Waals surface area contributed by atoms with Crippen molar-refractivity contribution >= 4 is 35.6 Å². The number of phenols is 1. The van der Waals surface area contributed by atoms with Crippen LogP contribution < -0.4 is 33.2 Å². The largest absolute Gasteiger partial charge is 0.508 e. The predicted molar refractivity (Wildman–Crippen MR) is 152 cm³/mol. The summed E-state index contributed by atoms with van der Waals surface area (Å²) >= 11 is 0. The molecule has 43 heavy (non-hydrogen) atoms. The summed E-state index contributed by atoms with van der Waals surface area (Å²) in [5.41, 5.74) is 17.6. The SMILES string of the molecule is NC(N)=NCCCC(NC(=O)C(Cc1ccc(O)cc1)NC(=O)C(CCC(=O)O)NC(=O)C(N)Cc1cnc[nH]1)C(=O)O. The number of carboxylic acid groups (broad SMARTS) is 2. The molecule has 1 heterocycles. The molecule has 0 aliphatic rings. The highest BCUT2D eigenvalue weighted by Gasteiger charge is 2.31. The van der Waals surface area contributed by atoms with Crippen LogP contribution in [0, 0.1) is 0 Å². The number of H-pyrrole nitrogens is 1. The molecule has 13 N–H and O–H groups in total. The van der Waals surface area contributed by atoms with Crippen LogP contribution in [0.3, 0.4) is 0 Å². The molecular weight excluding hydrogens is 566 g/mol. The number of benzene rings is 1. The lowest BCUT2D eigenvalue weighted by molar-refractivity contribution is -0.142. The van der Waals surface area contributed by atoms with Gasteiger partial charge < -0.3 is 53.5 Å². The molecule has 0 saturated carbocycles. The third-order valence-electron chi connectivity index (χ3n) is 6.18. The summed E-state index contributed by atoms with van der Waals surface area (Å²) < 4.78 is 0. The van der Waals surface area contributed by atoms with Crippen LogP contribution in [0.4, 0.5) is 0 Å². The summed E-state index contributed by atoms with van der Waals surface area (Å²) in [4.78, 5) is 72.9. The normalized spacial score (nSPS) is 13.5. The van der Waals surface area contributed by atoms with Gasteiger partial charge in [0.05, 0.1) is 12.4 Å². The highest BCUT2D eigenvalue weighted by Crippen LogP contribution is 2.13. The summed E-state index contributed by atoms with van der Waals surface area (Å²) in [6.45, 7) is 0.128. The number of imidazole rings is 1. The minimum Gasteiger partial charge on any atom is -0.508 e. The molecule has 3 amide bonds. The summed E-state index contributed by atoms with van der Waals surface area (Å²) in [5.74, 6) is -5.24. The molecule has 1 aromatic heterocycles. The van der Waals surface area contributed by atoms with Crippen LogP contribution in [-0.2, 0) is 36.8 Å². The maximum absolute atomic E-state index is 13.3. The minimum atomic E-state index is -1.39. The molecule has 2 rings (SSSR count). The Morgan fingerprint density at radius 2 is 1.51 bits per heavy atom. The number of carbonyl (C=O) groups excluding carboxylic acids is 3. The Balaban J connectivity index is 2.22. The van der Waals surface area contributed by atoms with Gasteiger partial charge in [-0.25, -0.2) is 9.78 Å². The zero-order valence-electron chi connectivity index (χ0n) is 23.2. The van der Waals surface area contributed by atoms with E-state index in [2.05, 4.69) is 30.9 Å². The number of nitrogens with zero attached hydrogens (tertiary/aromatic N) is 2. The second kappa shape index (κ2) is 16.9. The Labute approximate surface area is 246 Å². The molecule has 0 spiro atoms. The van der Waals surface area contributed by atoms with Crippen molar-refractivity contribution in [2.45, 2.75) is 62.7 Å². The number of aromatic hydroxyl groups is 1. The Morgan fingerprint density at radius 3 is 2.09 bits per heavy atom. The van der Waals surface area contributed by atoms with Crippen LogP contribution >= 0.6 is 0 Å². The van der Waals surface area contributed by atoms with Gasteiger partial charge in [-0.2, -0.15) is 0 Å². The third-order valence-corrected chi connectivity index (χ3v) is 6.18. The Kier molecular flexibility index (Phi) is 13.4. The molecule has 4 atom stereocenters. The zero-order valence-corrected chi connectivity index (χ0v) is 23.2. The Hall–Kier alpha value is -5.19. The first-order valence-corrected chi connectivity index (χ1v) is 13.3. The van der Waals surface area contributed by atoms with E-state index >= 15 is 0 Å². The lowest BCUT2D eigenvalue weighted by atomic mass is 10.0. The van der Waals surface area contributed by atoms with Gasteiger partial charge in [0.1, 0.15) is 23.9 Å². The summed E-state index contributed by atoms with van der Waals surface area (Å²) in [6, 6.07) is 0.560. The summed E-state index contributed by atoms with van der Waals surface area (Å²) in [7, 11) is 0. The number of hydrogen-bond acceptors (Lipinski definition) is 9. The highest BCUT2D eigenvalue weighted by molar-refractivity contribution is 5.94. The molecule has 234 valence electrons. The van der Waals surface area contributed by atoms with Gasteiger partial charge in [-0.3, -0.25) is 24.2 Å². The first kappa shape index (κ1) is 34.0. The number of aromatic amines is 1. The second-order valence-electron chi connectivity index (χ2n) is 9.66. The lowest BCUT2D eigenvalue weighted by Crippen LogP contribution is -2.57. The van der Waals surface area contributed by atoms with Crippen LogP contribution in [0.1, 0.15) is 36.9 Å². The van der Waals surface area contributed by atoms with E-state index < -0.39 is 60.2 Å². The molecule has 0 radical (unpaired) electrons. The second-order valence-corrected chi connectivity index (χ2v) is 9.66. The topological polar surface area (TPSA) is 301 Å². The fourth-order valence-electron chi connectivity index (χ4n) is 3.92.